The third-order valence-electron chi connectivity index (χ3n) is 6.01. The van der Waals surface area contributed by atoms with Crippen LogP contribution in [0.3, 0.4) is 0 Å². The molecule has 1 atom stereocenters. The minimum absolute atomic E-state index is 0.140. The first-order valence-corrected chi connectivity index (χ1v) is 9.99. The van der Waals surface area contributed by atoms with Crippen LogP contribution in [0.25, 0.3) is 0 Å². The summed E-state index contributed by atoms with van der Waals surface area (Å²) in [6, 6.07) is 4.64. The van der Waals surface area contributed by atoms with Crippen molar-refractivity contribution >= 4 is 17.4 Å². The van der Waals surface area contributed by atoms with Gasteiger partial charge in [0.1, 0.15) is 5.82 Å². The van der Waals surface area contributed by atoms with Crippen LogP contribution in [0.2, 0.25) is 0 Å². The van der Waals surface area contributed by atoms with Gasteiger partial charge in [-0.15, -0.1) is 0 Å². The van der Waals surface area contributed by atoms with E-state index in [4.69, 9.17) is 0 Å². The Balaban J connectivity index is 1.52. The van der Waals surface area contributed by atoms with Crippen LogP contribution < -0.4 is 10.2 Å². The number of carbonyl (C=O) groups is 2. The normalized spacial score (nSPS) is 19.8. The van der Waals surface area contributed by atoms with Gasteiger partial charge < -0.3 is 15.1 Å². The number of benzene rings is 1. The molecule has 0 radical (unpaired) electrons. The summed E-state index contributed by atoms with van der Waals surface area (Å²) in [5.41, 5.74) is 0.895. The van der Waals surface area contributed by atoms with E-state index in [0.29, 0.717) is 55.7 Å². The molecule has 148 valence electrons. The highest BCUT2D eigenvalue weighted by molar-refractivity contribution is 5.94. The second kappa shape index (κ2) is 8.83. The molecule has 2 heterocycles. The van der Waals surface area contributed by atoms with Gasteiger partial charge >= 0.3 is 0 Å². The Labute approximate surface area is 160 Å². The van der Waals surface area contributed by atoms with Gasteiger partial charge in [0.25, 0.3) is 0 Å². The first-order valence-electron chi connectivity index (χ1n) is 9.99. The van der Waals surface area contributed by atoms with Crippen LogP contribution in [0.4, 0.5) is 10.1 Å². The Morgan fingerprint density at radius 2 is 1.85 bits per heavy atom. The Kier molecular flexibility index (Phi) is 6.47. The number of hydrogen-bond acceptors (Lipinski definition) is 4. The monoisotopic (exact) mass is 375 g/mol. The fraction of sp³-hybridized carbons (Fsp3) is 0.619. The summed E-state index contributed by atoms with van der Waals surface area (Å²) in [6.07, 6.45) is 2.90. The zero-order chi connectivity index (χ0) is 19.4. The second-order valence-electron chi connectivity index (χ2n) is 7.86. The molecule has 0 spiro atoms. The summed E-state index contributed by atoms with van der Waals surface area (Å²) in [7, 11) is 0. The van der Waals surface area contributed by atoms with E-state index in [0.717, 1.165) is 25.9 Å². The van der Waals surface area contributed by atoms with Crippen molar-refractivity contribution in [3.05, 3.63) is 29.6 Å². The Morgan fingerprint density at radius 1 is 1.19 bits per heavy atom. The zero-order valence-electron chi connectivity index (χ0n) is 16.3. The fourth-order valence-electron chi connectivity index (χ4n) is 4.16. The molecular weight excluding hydrogens is 345 g/mol. The number of piperidine rings is 1. The third-order valence-corrected chi connectivity index (χ3v) is 6.01. The molecule has 1 unspecified atom stereocenters. The van der Waals surface area contributed by atoms with Crippen LogP contribution in [0.1, 0.15) is 43.5 Å². The van der Waals surface area contributed by atoms with E-state index in [9.17, 15) is 14.0 Å². The van der Waals surface area contributed by atoms with E-state index in [-0.39, 0.29) is 17.5 Å². The van der Waals surface area contributed by atoms with Crippen molar-refractivity contribution in [2.24, 2.45) is 11.8 Å². The van der Waals surface area contributed by atoms with Gasteiger partial charge in [-0.2, -0.15) is 0 Å². The Morgan fingerprint density at radius 3 is 2.44 bits per heavy atom. The number of Topliss-reactive ketones (excluding diaryl/α,β-unsaturated/α-hetero) is 1. The van der Waals surface area contributed by atoms with Crippen LogP contribution in [-0.2, 0) is 4.79 Å². The molecule has 2 saturated heterocycles. The number of ketones is 1. The van der Waals surface area contributed by atoms with E-state index in [1.54, 1.807) is 12.1 Å². The minimum Gasteiger partial charge on any atom is -0.366 e. The molecule has 0 bridgehead atoms. The van der Waals surface area contributed by atoms with E-state index in [1.165, 1.54) is 13.0 Å². The summed E-state index contributed by atoms with van der Waals surface area (Å²) >= 11 is 0. The SMILES string of the molecule is CC(=O)c1ccc(N2CCN(C(=O)CC(C)C3CCNCC3)CC2)c(F)c1. The average Bonchev–Trinajstić information content (AvgIpc) is 2.68. The lowest BCUT2D eigenvalue weighted by molar-refractivity contribution is -0.132. The van der Waals surface area contributed by atoms with Gasteiger partial charge in [-0.1, -0.05) is 6.92 Å². The highest BCUT2D eigenvalue weighted by Crippen LogP contribution is 2.26. The van der Waals surface area contributed by atoms with Crippen molar-refractivity contribution in [1.29, 1.82) is 0 Å². The van der Waals surface area contributed by atoms with E-state index in [2.05, 4.69) is 12.2 Å². The quantitative estimate of drug-likeness (QED) is 0.804. The van der Waals surface area contributed by atoms with Crippen molar-refractivity contribution in [3.63, 3.8) is 0 Å². The van der Waals surface area contributed by atoms with Crippen LogP contribution in [0, 0.1) is 17.7 Å². The van der Waals surface area contributed by atoms with Crippen molar-refractivity contribution in [1.82, 2.24) is 10.2 Å². The summed E-state index contributed by atoms with van der Waals surface area (Å²) in [4.78, 5) is 27.9. The Bertz CT molecular complexity index is 680. The summed E-state index contributed by atoms with van der Waals surface area (Å²) in [5, 5.41) is 3.37. The topological polar surface area (TPSA) is 52.7 Å². The molecule has 3 rings (SSSR count). The molecule has 6 heteroatoms. The molecule has 2 fully saturated rings. The van der Waals surface area contributed by atoms with Gasteiger partial charge in [0.15, 0.2) is 5.78 Å². The average molecular weight is 375 g/mol. The van der Waals surface area contributed by atoms with E-state index in [1.807, 2.05) is 9.80 Å². The lowest BCUT2D eigenvalue weighted by atomic mass is 9.84. The van der Waals surface area contributed by atoms with Crippen LogP contribution in [-0.4, -0.2) is 55.9 Å². The van der Waals surface area contributed by atoms with Gasteiger partial charge in [0.2, 0.25) is 5.91 Å². The molecule has 0 saturated carbocycles. The highest BCUT2D eigenvalue weighted by Gasteiger charge is 2.27. The van der Waals surface area contributed by atoms with Gasteiger partial charge in [-0.3, -0.25) is 9.59 Å². The number of hydrogen-bond donors (Lipinski definition) is 1. The molecule has 0 aliphatic carbocycles. The zero-order valence-corrected chi connectivity index (χ0v) is 16.3. The molecule has 5 nitrogen and oxygen atoms in total. The number of piperazine rings is 1. The number of amides is 1. The maximum atomic E-state index is 14.3. The molecule has 27 heavy (non-hydrogen) atoms. The number of anilines is 1. The molecule has 1 aromatic rings. The van der Waals surface area contributed by atoms with Gasteiger partial charge in [0.05, 0.1) is 5.69 Å². The smallest absolute Gasteiger partial charge is 0.222 e. The predicted molar refractivity (Wildman–Crippen MR) is 105 cm³/mol. The number of carbonyl (C=O) groups excluding carboxylic acids is 2. The van der Waals surface area contributed by atoms with Crippen molar-refractivity contribution in [2.45, 2.75) is 33.1 Å². The van der Waals surface area contributed by atoms with E-state index < -0.39 is 0 Å². The van der Waals surface area contributed by atoms with Crippen LogP contribution in [0.5, 0.6) is 0 Å². The van der Waals surface area contributed by atoms with Gasteiger partial charge in [-0.05, 0) is 62.9 Å². The third kappa shape index (κ3) is 4.86. The molecule has 1 aromatic carbocycles. The molecule has 1 N–H and O–H groups in total. The maximum Gasteiger partial charge on any atom is 0.222 e. The molecular formula is C21H30FN3O2. The first-order chi connectivity index (χ1) is 13.0. The molecule has 2 aliphatic heterocycles. The lowest BCUT2D eigenvalue weighted by Gasteiger charge is -2.37. The summed E-state index contributed by atoms with van der Waals surface area (Å²) < 4.78 is 14.3. The number of rotatable bonds is 5. The summed E-state index contributed by atoms with van der Waals surface area (Å²) in [6.45, 7) is 8.19. The fourth-order valence-corrected chi connectivity index (χ4v) is 4.16. The largest absolute Gasteiger partial charge is 0.366 e. The standard InChI is InChI=1S/C21H30FN3O2/c1-15(17-5-7-23-8-6-17)13-21(27)25-11-9-24(10-12-25)20-4-3-18(16(2)26)14-19(20)22/h3-4,14-15,17,23H,5-13H2,1-2H3. The van der Waals surface area contributed by atoms with E-state index >= 15 is 0 Å². The number of nitrogens with one attached hydrogen (secondary N) is 1. The van der Waals surface area contributed by atoms with Crippen molar-refractivity contribution < 1.29 is 14.0 Å². The number of nitrogens with zero attached hydrogens (tertiary/aromatic N) is 2. The molecule has 1 amide bonds. The molecule has 0 aromatic heterocycles. The van der Waals surface area contributed by atoms with Crippen molar-refractivity contribution in [2.75, 3.05) is 44.2 Å². The summed E-state index contributed by atoms with van der Waals surface area (Å²) in [5.74, 6) is 0.744. The Hall–Kier alpha value is -1.95. The first kappa shape index (κ1) is 19.8. The number of halogens is 1. The molecule has 2 aliphatic rings. The minimum atomic E-state index is -0.373. The lowest BCUT2D eigenvalue weighted by Crippen LogP contribution is -2.49. The van der Waals surface area contributed by atoms with Crippen LogP contribution >= 0.6 is 0 Å². The second-order valence-corrected chi connectivity index (χ2v) is 7.86. The van der Waals surface area contributed by atoms with Crippen LogP contribution in [0.15, 0.2) is 18.2 Å². The van der Waals surface area contributed by atoms with Gasteiger partial charge in [-0.25, -0.2) is 4.39 Å². The highest BCUT2D eigenvalue weighted by atomic mass is 19.1. The van der Waals surface area contributed by atoms with Crippen molar-refractivity contribution in [3.8, 4) is 0 Å². The maximum absolute atomic E-state index is 14.3. The predicted octanol–water partition coefficient (Wildman–Crippen LogP) is 2.70. The van der Waals surface area contributed by atoms with Gasteiger partial charge in [0, 0.05) is 38.2 Å².